The zero-order valence-electron chi connectivity index (χ0n) is 17.0. The quantitative estimate of drug-likeness (QED) is 0.727. The van der Waals surface area contributed by atoms with E-state index in [-0.39, 0.29) is 11.9 Å². The van der Waals surface area contributed by atoms with Gasteiger partial charge in [-0.3, -0.25) is 9.69 Å². The molecule has 0 aliphatic carbocycles. The standard InChI is InChI=1S/C23H28N2O4/c1-28-21-9-3-17(4-10-21)15-18-11-13-25(14-12-18)16-22(26)24-20-7-5-19(6-8-20)23(27)29-2/h3-10,18H,11-16H2,1-2H3,(H,24,26). The number of piperidine rings is 1. The number of benzene rings is 2. The third-order valence-electron chi connectivity index (χ3n) is 5.35. The second kappa shape index (κ2) is 10.1. The van der Waals surface area contributed by atoms with Crippen molar-refractivity contribution in [3.8, 4) is 5.75 Å². The highest BCUT2D eigenvalue weighted by Gasteiger charge is 2.21. The average molecular weight is 396 g/mol. The molecule has 29 heavy (non-hydrogen) atoms. The SMILES string of the molecule is COC(=O)c1ccc(NC(=O)CN2CCC(Cc3ccc(OC)cc3)CC2)cc1. The molecule has 6 heteroatoms. The van der Waals surface area contributed by atoms with Crippen molar-refractivity contribution in [1.82, 2.24) is 4.90 Å². The fraction of sp³-hybridized carbons (Fsp3) is 0.391. The zero-order chi connectivity index (χ0) is 20.6. The van der Waals surface area contributed by atoms with Crippen LogP contribution in [-0.2, 0) is 16.0 Å². The second-order valence-corrected chi connectivity index (χ2v) is 7.39. The van der Waals surface area contributed by atoms with Crippen molar-refractivity contribution < 1.29 is 19.1 Å². The molecule has 2 aromatic rings. The van der Waals surface area contributed by atoms with Crippen LogP contribution in [0.2, 0.25) is 0 Å². The molecule has 0 radical (unpaired) electrons. The van der Waals surface area contributed by atoms with Gasteiger partial charge in [-0.1, -0.05) is 12.1 Å². The maximum absolute atomic E-state index is 12.3. The number of rotatable bonds is 7. The molecule has 1 heterocycles. The number of carbonyl (C=O) groups is 2. The van der Waals surface area contributed by atoms with Crippen LogP contribution in [0, 0.1) is 5.92 Å². The lowest BCUT2D eigenvalue weighted by Gasteiger charge is -2.31. The molecule has 1 saturated heterocycles. The lowest BCUT2D eigenvalue weighted by Crippen LogP contribution is -2.39. The molecular formula is C23H28N2O4. The van der Waals surface area contributed by atoms with Crippen LogP contribution in [0.4, 0.5) is 5.69 Å². The van der Waals surface area contributed by atoms with Crippen molar-refractivity contribution in [3.05, 3.63) is 59.7 Å². The number of methoxy groups -OCH3 is 2. The highest BCUT2D eigenvalue weighted by Crippen LogP contribution is 2.23. The molecule has 0 unspecified atom stereocenters. The minimum absolute atomic E-state index is 0.0376. The van der Waals surface area contributed by atoms with Gasteiger partial charge >= 0.3 is 5.97 Å². The van der Waals surface area contributed by atoms with Gasteiger partial charge in [-0.05, 0) is 80.2 Å². The summed E-state index contributed by atoms with van der Waals surface area (Å²) >= 11 is 0. The minimum atomic E-state index is -0.389. The number of esters is 1. The molecule has 1 fully saturated rings. The van der Waals surface area contributed by atoms with Crippen molar-refractivity contribution >= 4 is 17.6 Å². The summed E-state index contributed by atoms with van der Waals surface area (Å²) in [4.78, 5) is 26.0. The van der Waals surface area contributed by atoms with E-state index in [1.807, 2.05) is 12.1 Å². The molecule has 1 aliphatic heterocycles. The van der Waals surface area contributed by atoms with E-state index in [2.05, 4.69) is 27.1 Å². The van der Waals surface area contributed by atoms with Crippen LogP contribution in [0.15, 0.2) is 48.5 Å². The number of likely N-dealkylation sites (tertiary alicyclic amines) is 1. The first-order chi connectivity index (χ1) is 14.1. The predicted octanol–water partition coefficient (Wildman–Crippen LogP) is 3.38. The summed E-state index contributed by atoms with van der Waals surface area (Å²) in [5.41, 5.74) is 2.47. The summed E-state index contributed by atoms with van der Waals surface area (Å²) in [6.45, 7) is 2.24. The van der Waals surface area contributed by atoms with E-state index in [9.17, 15) is 9.59 Å². The molecular weight excluding hydrogens is 368 g/mol. The van der Waals surface area contributed by atoms with Crippen LogP contribution in [-0.4, -0.2) is 50.6 Å². The maximum atomic E-state index is 12.3. The van der Waals surface area contributed by atoms with E-state index in [1.54, 1.807) is 31.4 Å². The normalized spacial score (nSPS) is 15.0. The van der Waals surface area contributed by atoms with Crippen LogP contribution >= 0.6 is 0 Å². The molecule has 0 aromatic heterocycles. The van der Waals surface area contributed by atoms with E-state index in [4.69, 9.17) is 4.74 Å². The second-order valence-electron chi connectivity index (χ2n) is 7.39. The highest BCUT2D eigenvalue weighted by atomic mass is 16.5. The Labute approximate surface area is 171 Å². The van der Waals surface area contributed by atoms with Crippen LogP contribution in [0.25, 0.3) is 0 Å². The fourth-order valence-electron chi connectivity index (χ4n) is 3.65. The molecule has 0 bridgehead atoms. The molecule has 0 saturated carbocycles. The first-order valence-corrected chi connectivity index (χ1v) is 9.91. The van der Waals surface area contributed by atoms with E-state index in [0.29, 0.717) is 23.7 Å². The van der Waals surface area contributed by atoms with Gasteiger partial charge in [0.15, 0.2) is 0 Å². The number of amides is 1. The summed E-state index contributed by atoms with van der Waals surface area (Å²) < 4.78 is 9.88. The van der Waals surface area contributed by atoms with Crippen LogP contribution in [0.3, 0.4) is 0 Å². The monoisotopic (exact) mass is 396 g/mol. The van der Waals surface area contributed by atoms with E-state index < -0.39 is 0 Å². The number of hydrogen-bond acceptors (Lipinski definition) is 5. The van der Waals surface area contributed by atoms with Crippen molar-refractivity contribution in [2.24, 2.45) is 5.92 Å². The van der Waals surface area contributed by atoms with Gasteiger partial charge in [0.25, 0.3) is 0 Å². The van der Waals surface area contributed by atoms with Crippen molar-refractivity contribution in [2.75, 3.05) is 39.2 Å². The van der Waals surface area contributed by atoms with Crippen LogP contribution in [0.1, 0.15) is 28.8 Å². The summed E-state index contributed by atoms with van der Waals surface area (Å²) in [7, 11) is 3.02. The van der Waals surface area contributed by atoms with E-state index in [0.717, 1.165) is 38.1 Å². The number of ether oxygens (including phenoxy) is 2. The first-order valence-electron chi connectivity index (χ1n) is 9.91. The van der Waals surface area contributed by atoms with Gasteiger partial charge in [-0.2, -0.15) is 0 Å². The highest BCUT2D eigenvalue weighted by molar-refractivity contribution is 5.93. The molecule has 0 spiro atoms. The number of carbonyl (C=O) groups excluding carboxylic acids is 2. The number of nitrogens with zero attached hydrogens (tertiary/aromatic N) is 1. The smallest absolute Gasteiger partial charge is 0.337 e. The third kappa shape index (κ3) is 6.06. The Hall–Kier alpha value is -2.86. The predicted molar refractivity (Wildman–Crippen MR) is 112 cm³/mol. The summed E-state index contributed by atoms with van der Waals surface area (Å²) in [5, 5.41) is 2.89. The molecule has 0 atom stereocenters. The Balaban J connectivity index is 1.41. The fourth-order valence-corrected chi connectivity index (χ4v) is 3.65. The minimum Gasteiger partial charge on any atom is -0.497 e. The molecule has 1 N–H and O–H groups in total. The average Bonchev–Trinajstić information content (AvgIpc) is 2.75. The molecule has 6 nitrogen and oxygen atoms in total. The zero-order valence-corrected chi connectivity index (χ0v) is 17.0. The number of hydrogen-bond donors (Lipinski definition) is 1. The Morgan fingerprint density at radius 2 is 1.66 bits per heavy atom. The van der Waals surface area contributed by atoms with Crippen molar-refractivity contribution in [2.45, 2.75) is 19.3 Å². The van der Waals surface area contributed by atoms with Gasteiger partial charge in [-0.25, -0.2) is 4.79 Å². The Kier molecular flexibility index (Phi) is 7.25. The van der Waals surface area contributed by atoms with E-state index >= 15 is 0 Å². The Bertz CT molecular complexity index is 810. The van der Waals surface area contributed by atoms with Gasteiger partial charge < -0.3 is 14.8 Å². The van der Waals surface area contributed by atoms with Crippen molar-refractivity contribution in [3.63, 3.8) is 0 Å². The topological polar surface area (TPSA) is 67.9 Å². The molecule has 1 aliphatic rings. The molecule has 1 amide bonds. The third-order valence-corrected chi connectivity index (χ3v) is 5.35. The van der Waals surface area contributed by atoms with Gasteiger partial charge in [0.1, 0.15) is 5.75 Å². The Morgan fingerprint density at radius 1 is 1.00 bits per heavy atom. The first kappa shape index (κ1) is 20.9. The molecule has 2 aromatic carbocycles. The van der Waals surface area contributed by atoms with Gasteiger partial charge in [0.2, 0.25) is 5.91 Å². The summed E-state index contributed by atoms with van der Waals surface area (Å²) in [5.74, 6) is 1.10. The van der Waals surface area contributed by atoms with Gasteiger partial charge in [0.05, 0.1) is 26.3 Å². The molecule has 154 valence electrons. The van der Waals surface area contributed by atoms with Crippen LogP contribution < -0.4 is 10.1 Å². The summed E-state index contributed by atoms with van der Waals surface area (Å²) in [6, 6.07) is 15.0. The molecule has 3 rings (SSSR count). The maximum Gasteiger partial charge on any atom is 0.337 e. The van der Waals surface area contributed by atoms with Crippen LogP contribution in [0.5, 0.6) is 5.75 Å². The Morgan fingerprint density at radius 3 is 2.24 bits per heavy atom. The summed E-state index contributed by atoms with van der Waals surface area (Å²) in [6.07, 6.45) is 3.25. The van der Waals surface area contributed by atoms with Gasteiger partial charge in [-0.15, -0.1) is 0 Å². The largest absolute Gasteiger partial charge is 0.497 e. The van der Waals surface area contributed by atoms with E-state index in [1.165, 1.54) is 12.7 Å². The lowest BCUT2D eigenvalue weighted by atomic mass is 9.90. The lowest BCUT2D eigenvalue weighted by molar-refractivity contribution is -0.117. The van der Waals surface area contributed by atoms with Crippen molar-refractivity contribution in [1.29, 1.82) is 0 Å². The van der Waals surface area contributed by atoms with Gasteiger partial charge in [0, 0.05) is 5.69 Å². The number of nitrogens with one attached hydrogen (secondary N) is 1. The number of anilines is 1.